The van der Waals surface area contributed by atoms with Crippen molar-refractivity contribution < 1.29 is 9.53 Å². The van der Waals surface area contributed by atoms with Gasteiger partial charge < -0.3 is 15.4 Å². The molecule has 0 aliphatic heterocycles. The van der Waals surface area contributed by atoms with Crippen molar-refractivity contribution in [1.29, 1.82) is 0 Å². The Bertz CT molecular complexity index is 1130. The van der Waals surface area contributed by atoms with Gasteiger partial charge in [-0.15, -0.1) is 0 Å². The highest BCUT2D eigenvalue weighted by atomic mass is 16.5. The number of nitrogens with zero attached hydrogens (tertiary/aromatic N) is 3. The van der Waals surface area contributed by atoms with Gasteiger partial charge in [0.25, 0.3) is 0 Å². The Balaban J connectivity index is 2.24. The number of methoxy groups -OCH3 is 1. The lowest BCUT2D eigenvalue weighted by atomic mass is 9.94. The number of ether oxygens (including phenoxy) is 1. The van der Waals surface area contributed by atoms with Gasteiger partial charge in [0.15, 0.2) is 11.5 Å². The maximum Gasteiger partial charge on any atom is 0.356 e. The van der Waals surface area contributed by atoms with Crippen molar-refractivity contribution in [2.75, 3.05) is 19.1 Å². The Hall–Kier alpha value is -3.67. The summed E-state index contributed by atoms with van der Waals surface area (Å²) in [5, 5.41) is 0. The predicted molar refractivity (Wildman–Crippen MR) is 124 cm³/mol. The molecule has 31 heavy (non-hydrogen) atoms. The lowest BCUT2D eigenvalue weighted by molar-refractivity contribution is 0.0593. The molecule has 0 atom stereocenters. The summed E-state index contributed by atoms with van der Waals surface area (Å²) < 4.78 is 4.95. The van der Waals surface area contributed by atoms with E-state index >= 15 is 0 Å². The molecule has 3 rings (SSSR count). The molecule has 160 valence electrons. The van der Waals surface area contributed by atoms with Crippen molar-refractivity contribution in [2.24, 2.45) is 5.73 Å². The molecule has 0 saturated carbocycles. The molecule has 0 saturated heterocycles. The van der Waals surface area contributed by atoms with Gasteiger partial charge in [0, 0.05) is 30.1 Å². The molecule has 2 N–H and O–H groups in total. The van der Waals surface area contributed by atoms with Crippen LogP contribution in [0.2, 0.25) is 0 Å². The minimum Gasteiger partial charge on any atom is -0.464 e. The smallest absolute Gasteiger partial charge is 0.356 e. The molecule has 0 amide bonds. The Kier molecular flexibility index (Phi) is 6.39. The fourth-order valence-electron chi connectivity index (χ4n) is 3.52. The topological polar surface area (TPSA) is 81.3 Å². The number of rotatable bonds is 5. The second-order valence-corrected chi connectivity index (χ2v) is 7.65. The molecule has 0 radical (unpaired) electrons. The van der Waals surface area contributed by atoms with Crippen LogP contribution in [0.25, 0.3) is 5.57 Å². The van der Waals surface area contributed by atoms with Crippen LogP contribution in [0.15, 0.2) is 54.2 Å². The van der Waals surface area contributed by atoms with Gasteiger partial charge in [0.05, 0.1) is 7.11 Å². The van der Waals surface area contributed by atoms with E-state index in [1.807, 2.05) is 82.1 Å². The second kappa shape index (κ2) is 9.00. The van der Waals surface area contributed by atoms with Crippen molar-refractivity contribution in [1.82, 2.24) is 9.97 Å². The van der Waals surface area contributed by atoms with Gasteiger partial charge in [0.2, 0.25) is 0 Å². The third-order valence-electron chi connectivity index (χ3n) is 5.22. The first-order valence-corrected chi connectivity index (χ1v) is 10.0. The second-order valence-electron chi connectivity index (χ2n) is 7.65. The van der Waals surface area contributed by atoms with Crippen molar-refractivity contribution >= 4 is 23.0 Å². The minimum absolute atomic E-state index is 0.173. The summed E-state index contributed by atoms with van der Waals surface area (Å²) in [6.45, 7) is 7.90. The number of hydrogen-bond acceptors (Lipinski definition) is 6. The Labute approximate surface area is 183 Å². The molecule has 0 aliphatic rings. The van der Waals surface area contributed by atoms with E-state index < -0.39 is 5.97 Å². The van der Waals surface area contributed by atoms with Crippen molar-refractivity contribution in [3.05, 3.63) is 88.0 Å². The van der Waals surface area contributed by atoms with Crippen LogP contribution in [0.3, 0.4) is 0 Å². The van der Waals surface area contributed by atoms with E-state index in [4.69, 9.17) is 15.5 Å². The van der Waals surface area contributed by atoms with Crippen molar-refractivity contribution in [3.63, 3.8) is 0 Å². The van der Waals surface area contributed by atoms with Crippen LogP contribution >= 0.6 is 0 Å². The summed E-state index contributed by atoms with van der Waals surface area (Å²) in [4.78, 5) is 23.6. The van der Waals surface area contributed by atoms with Crippen LogP contribution in [-0.4, -0.2) is 30.1 Å². The van der Waals surface area contributed by atoms with Gasteiger partial charge in [-0.3, -0.25) is 0 Å². The van der Waals surface area contributed by atoms with Crippen LogP contribution in [0, 0.1) is 20.8 Å². The predicted octanol–water partition coefficient (Wildman–Crippen LogP) is 4.69. The van der Waals surface area contributed by atoms with E-state index in [9.17, 15) is 4.79 Å². The number of benzene rings is 2. The number of carbonyl (C=O) groups is 1. The highest BCUT2D eigenvalue weighted by molar-refractivity contribution is 5.90. The summed E-state index contributed by atoms with van der Waals surface area (Å²) in [7, 11) is 3.24. The van der Waals surface area contributed by atoms with E-state index in [0.717, 1.165) is 27.9 Å². The molecule has 6 nitrogen and oxygen atoms in total. The summed E-state index contributed by atoms with van der Waals surface area (Å²) in [5.41, 5.74) is 13.0. The fraction of sp³-hybridized carbons (Fsp3) is 0.240. The highest BCUT2D eigenvalue weighted by Crippen LogP contribution is 2.31. The van der Waals surface area contributed by atoms with Crippen LogP contribution in [0.1, 0.15) is 45.5 Å². The lowest BCUT2D eigenvalue weighted by Gasteiger charge is -2.21. The zero-order chi connectivity index (χ0) is 22.7. The number of anilines is 2. The fourth-order valence-corrected chi connectivity index (χ4v) is 3.52. The van der Waals surface area contributed by atoms with Crippen molar-refractivity contribution in [3.8, 4) is 0 Å². The maximum atomic E-state index is 12.4. The number of carbonyl (C=O) groups excluding carboxylic acids is 1. The molecule has 0 fully saturated rings. The van der Waals surface area contributed by atoms with Crippen LogP contribution in [0.5, 0.6) is 0 Å². The van der Waals surface area contributed by atoms with Crippen molar-refractivity contribution in [2.45, 2.75) is 27.7 Å². The zero-order valence-electron chi connectivity index (χ0n) is 18.9. The van der Waals surface area contributed by atoms with E-state index in [0.29, 0.717) is 22.9 Å². The highest BCUT2D eigenvalue weighted by Gasteiger charge is 2.21. The number of aryl methyl sites for hydroxylation is 3. The first-order valence-electron chi connectivity index (χ1n) is 10.0. The standard InChI is InChI=1S/C25H28N4O2/c1-15-10-12-19(13-11-15)29(5)21-14-20(25(30)31-6)27-24(28-21)23(18(4)26)22-16(2)8-7-9-17(22)3/h7-14H,26H2,1-6H3. The minimum atomic E-state index is -0.530. The summed E-state index contributed by atoms with van der Waals surface area (Å²) in [6.07, 6.45) is 0. The van der Waals surface area contributed by atoms with Gasteiger partial charge >= 0.3 is 5.97 Å². The number of esters is 1. The van der Waals surface area contributed by atoms with Gasteiger partial charge in [-0.25, -0.2) is 14.8 Å². The number of hydrogen-bond donors (Lipinski definition) is 1. The van der Waals surface area contributed by atoms with E-state index in [-0.39, 0.29) is 5.69 Å². The quantitative estimate of drug-likeness (QED) is 0.608. The third kappa shape index (κ3) is 4.58. The zero-order valence-corrected chi connectivity index (χ0v) is 18.9. The Morgan fingerprint density at radius 2 is 1.61 bits per heavy atom. The molecule has 6 heteroatoms. The molecular weight excluding hydrogens is 388 g/mol. The van der Waals surface area contributed by atoms with Crippen LogP contribution in [0.4, 0.5) is 11.5 Å². The van der Waals surface area contributed by atoms with E-state index in [1.165, 1.54) is 7.11 Å². The largest absolute Gasteiger partial charge is 0.464 e. The maximum absolute atomic E-state index is 12.4. The molecular formula is C25H28N4O2. The number of nitrogens with two attached hydrogens (primary N) is 1. The average Bonchev–Trinajstić information content (AvgIpc) is 2.75. The molecule has 1 aromatic heterocycles. The van der Waals surface area contributed by atoms with Gasteiger partial charge in [-0.05, 0) is 56.5 Å². The summed E-state index contributed by atoms with van der Waals surface area (Å²) in [5.74, 6) is 0.422. The molecule has 0 bridgehead atoms. The molecule has 0 spiro atoms. The summed E-state index contributed by atoms with van der Waals surface area (Å²) >= 11 is 0. The lowest BCUT2D eigenvalue weighted by Crippen LogP contribution is -2.17. The number of aromatic nitrogens is 2. The third-order valence-corrected chi connectivity index (χ3v) is 5.22. The average molecular weight is 417 g/mol. The van der Waals surface area contributed by atoms with E-state index in [2.05, 4.69) is 4.98 Å². The van der Waals surface area contributed by atoms with Gasteiger partial charge in [-0.1, -0.05) is 35.9 Å². The SMILES string of the molecule is COC(=O)c1cc(N(C)c2ccc(C)cc2)nc(C(=C(C)N)c2c(C)cccc2C)n1. The Morgan fingerprint density at radius 3 is 2.16 bits per heavy atom. The van der Waals surface area contributed by atoms with E-state index in [1.54, 1.807) is 6.07 Å². The molecule has 3 aromatic rings. The van der Waals surface area contributed by atoms with Crippen LogP contribution < -0.4 is 10.6 Å². The molecule has 1 heterocycles. The number of allylic oxidation sites excluding steroid dienone is 1. The monoisotopic (exact) mass is 416 g/mol. The molecule has 0 unspecified atom stereocenters. The van der Waals surface area contributed by atoms with Gasteiger partial charge in [-0.2, -0.15) is 0 Å². The van der Waals surface area contributed by atoms with Crippen LogP contribution in [-0.2, 0) is 4.74 Å². The first-order chi connectivity index (χ1) is 14.7. The normalized spacial score (nSPS) is 11.7. The molecule has 0 aliphatic carbocycles. The first kappa shape index (κ1) is 22.0. The summed E-state index contributed by atoms with van der Waals surface area (Å²) in [6, 6.07) is 15.7. The van der Waals surface area contributed by atoms with Gasteiger partial charge in [0.1, 0.15) is 5.82 Å². The molecule has 2 aromatic carbocycles. The Morgan fingerprint density at radius 1 is 1.00 bits per heavy atom.